The third kappa shape index (κ3) is 5.11. The Kier molecular flexibility index (Phi) is 7.07. The van der Waals surface area contributed by atoms with Gasteiger partial charge in [-0.15, -0.1) is 11.3 Å². The zero-order chi connectivity index (χ0) is 22.5. The quantitative estimate of drug-likeness (QED) is 0.569. The fourth-order valence-corrected chi connectivity index (χ4v) is 5.21. The minimum atomic E-state index is -0.217. The third-order valence-corrected chi connectivity index (χ3v) is 6.84. The van der Waals surface area contributed by atoms with E-state index < -0.39 is 0 Å². The summed E-state index contributed by atoms with van der Waals surface area (Å²) >= 11 is 1.71. The molecule has 7 heteroatoms. The van der Waals surface area contributed by atoms with Gasteiger partial charge in [-0.05, 0) is 60.8 Å². The van der Waals surface area contributed by atoms with Gasteiger partial charge < -0.3 is 15.0 Å². The van der Waals surface area contributed by atoms with E-state index in [1.165, 1.54) is 17.0 Å². The zero-order valence-corrected chi connectivity index (χ0v) is 19.1. The molecule has 3 aromatic rings. The first-order valence-corrected chi connectivity index (χ1v) is 11.7. The number of carbonyl (C=O) groups is 1. The molecule has 1 amide bonds. The molecule has 1 fully saturated rings. The molecule has 2 aromatic carbocycles. The molecule has 2 heterocycles. The monoisotopic (exact) mass is 453 g/mol. The Labute approximate surface area is 192 Å². The summed E-state index contributed by atoms with van der Waals surface area (Å²) in [7, 11) is 1.60. The molecule has 0 aliphatic carbocycles. The Morgan fingerprint density at radius 3 is 2.47 bits per heavy atom. The molecular weight excluding hydrogens is 425 g/mol. The van der Waals surface area contributed by atoms with Gasteiger partial charge in [0.05, 0.1) is 13.2 Å². The van der Waals surface area contributed by atoms with Gasteiger partial charge in [-0.3, -0.25) is 9.69 Å². The lowest BCUT2D eigenvalue weighted by molar-refractivity contribution is 0.0890. The second-order valence-corrected chi connectivity index (χ2v) is 8.93. The molecule has 0 spiro atoms. The molecule has 32 heavy (non-hydrogen) atoms. The van der Waals surface area contributed by atoms with Crippen LogP contribution in [0.3, 0.4) is 0 Å². The van der Waals surface area contributed by atoms with E-state index in [0.717, 1.165) is 31.9 Å². The van der Waals surface area contributed by atoms with Crippen molar-refractivity contribution in [2.24, 2.45) is 0 Å². The number of carbonyl (C=O) groups excluding carboxylic acids is 1. The zero-order valence-electron chi connectivity index (χ0n) is 18.3. The van der Waals surface area contributed by atoms with Crippen LogP contribution >= 0.6 is 11.3 Å². The molecule has 2 atom stereocenters. The fraction of sp³-hybridized carbons (Fsp3) is 0.320. The lowest BCUT2D eigenvalue weighted by Crippen LogP contribution is -2.52. The van der Waals surface area contributed by atoms with Crippen molar-refractivity contribution in [3.05, 3.63) is 82.3 Å². The van der Waals surface area contributed by atoms with Crippen LogP contribution in [0.5, 0.6) is 5.75 Å². The number of ether oxygens (including phenoxy) is 1. The topological polar surface area (TPSA) is 44.8 Å². The van der Waals surface area contributed by atoms with E-state index in [0.29, 0.717) is 11.3 Å². The number of piperazine rings is 1. The number of hydrogen-bond donors (Lipinski definition) is 1. The number of benzene rings is 2. The predicted octanol–water partition coefficient (Wildman–Crippen LogP) is 4.58. The molecule has 1 N–H and O–H groups in total. The van der Waals surface area contributed by atoms with Crippen LogP contribution in [0, 0.1) is 5.82 Å². The molecule has 1 aliphatic heterocycles. The van der Waals surface area contributed by atoms with Gasteiger partial charge in [-0.1, -0.05) is 12.1 Å². The van der Waals surface area contributed by atoms with E-state index >= 15 is 0 Å². The van der Waals surface area contributed by atoms with Gasteiger partial charge in [0.1, 0.15) is 11.6 Å². The van der Waals surface area contributed by atoms with E-state index in [2.05, 4.69) is 39.6 Å². The van der Waals surface area contributed by atoms with Gasteiger partial charge in [0.15, 0.2) is 0 Å². The number of methoxy groups -OCH3 is 1. The summed E-state index contributed by atoms with van der Waals surface area (Å²) in [6.45, 7) is 5.49. The van der Waals surface area contributed by atoms with Gasteiger partial charge >= 0.3 is 0 Å². The van der Waals surface area contributed by atoms with Crippen molar-refractivity contribution < 1.29 is 13.9 Å². The molecule has 0 saturated carbocycles. The maximum Gasteiger partial charge on any atom is 0.251 e. The minimum absolute atomic E-state index is 0.0790. The number of hydrogen-bond acceptors (Lipinski definition) is 5. The Hall–Kier alpha value is -2.90. The van der Waals surface area contributed by atoms with E-state index in [-0.39, 0.29) is 23.8 Å². The highest BCUT2D eigenvalue weighted by Gasteiger charge is 2.31. The van der Waals surface area contributed by atoms with Crippen molar-refractivity contribution >= 4 is 22.9 Å². The average molecular weight is 454 g/mol. The summed E-state index contributed by atoms with van der Waals surface area (Å²) in [5.74, 6) is 0.339. The highest BCUT2D eigenvalue weighted by atomic mass is 32.1. The van der Waals surface area contributed by atoms with Crippen LogP contribution < -0.4 is 15.0 Å². The van der Waals surface area contributed by atoms with Crippen molar-refractivity contribution in [3.63, 3.8) is 0 Å². The molecule has 168 valence electrons. The third-order valence-electron chi connectivity index (χ3n) is 5.90. The fourth-order valence-electron chi connectivity index (χ4n) is 4.25. The summed E-state index contributed by atoms with van der Waals surface area (Å²) in [6, 6.07) is 18.1. The minimum Gasteiger partial charge on any atom is -0.497 e. The predicted molar refractivity (Wildman–Crippen MR) is 127 cm³/mol. The number of nitrogens with zero attached hydrogens (tertiary/aromatic N) is 2. The van der Waals surface area contributed by atoms with Gasteiger partial charge in [0, 0.05) is 48.3 Å². The first-order valence-electron chi connectivity index (χ1n) is 10.8. The van der Waals surface area contributed by atoms with E-state index in [1.807, 2.05) is 24.3 Å². The van der Waals surface area contributed by atoms with E-state index in [9.17, 15) is 9.18 Å². The van der Waals surface area contributed by atoms with Crippen molar-refractivity contribution in [3.8, 4) is 5.75 Å². The Morgan fingerprint density at radius 2 is 1.81 bits per heavy atom. The SMILES string of the molecule is COc1cccc(C(=O)NC(C)C(c2cccs2)N2CCN(c3ccc(F)cc3)CC2)c1. The summed E-state index contributed by atoms with van der Waals surface area (Å²) in [4.78, 5) is 18.9. The van der Waals surface area contributed by atoms with Crippen LogP contribution in [-0.4, -0.2) is 50.1 Å². The number of nitrogens with one attached hydrogen (secondary N) is 1. The number of thiophene rings is 1. The molecule has 0 bridgehead atoms. The van der Waals surface area contributed by atoms with Crippen LogP contribution in [0.2, 0.25) is 0 Å². The normalized spacial score (nSPS) is 16.4. The van der Waals surface area contributed by atoms with Crippen LogP contribution in [0.4, 0.5) is 10.1 Å². The van der Waals surface area contributed by atoms with Crippen LogP contribution in [-0.2, 0) is 0 Å². The van der Waals surface area contributed by atoms with Crippen LogP contribution in [0.15, 0.2) is 66.0 Å². The molecule has 1 saturated heterocycles. The largest absolute Gasteiger partial charge is 0.497 e. The molecular formula is C25H28FN3O2S. The highest BCUT2D eigenvalue weighted by molar-refractivity contribution is 7.10. The first kappa shape index (κ1) is 22.3. The maximum atomic E-state index is 13.3. The summed E-state index contributed by atoms with van der Waals surface area (Å²) in [5.41, 5.74) is 1.63. The van der Waals surface area contributed by atoms with Gasteiger partial charge in [-0.25, -0.2) is 4.39 Å². The summed E-state index contributed by atoms with van der Waals surface area (Å²) in [6.07, 6.45) is 0. The van der Waals surface area contributed by atoms with Crippen molar-refractivity contribution in [1.29, 1.82) is 0 Å². The first-order chi connectivity index (χ1) is 15.5. The smallest absolute Gasteiger partial charge is 0.251 e. The molecule has 5 nitrogen and oxygen atoms in total. The summed E-state index contributed by atoms with van der Waals surface area (Å²) < 4.78 is 18.5. The Morgan fingerprint density at radius 1 is 1.06 bits per heavy atom. The highest BCUT2D eigenvalue weighted by Crippen LogP contribution is 2.30. The second-order valence-electron chi connectivity index (χ2n) is 7.95. The van der Waals surface area contributed by atoms with Crippen LogP contribution in [0.1, 0.15) is 28.2 Å². The molecule has 4 rings (SSSR count). The molecule has 1 aromatic heterocycles. The Bertz CT molecular complexity index is 1020. The molecule has 2 unspecified atom stereocenters. The second kappa shape index (κ2) is 10.1. The van der Waals surface area contributed by atoms with Gasteiger partial charge in [-0.2, -0.15) is 0 Å². The van der Waals surface area contributed by atoms with Crippen molar-refractivity contribution in [2.45, 2.75) is 19.0 Å². The van der Waals surface area contributed by atoms with Gasteiger partial charge in [0.2, 0.25) is 0 Å². The van der Waals surface area contributed by atoms with Crippen LogP contribution in [0.25, 0.3) is 0 Å². The summed E-state index contributed by atoms with van der Waals surface area (Å²) in [5, 5.41) is 5.27. The molecule has 0 radical (unpaired) electrons. The number of rotatable bonds is 7. The number of halogens is 1. The van der Waals surface area contributed by atoms with E-state index in [4.69, 9.17) is 4.74 Å². The maximum absolute atomic E-state index is 13.3. The number of anilines is 1. The van der Waals surface area contributed by atoms with Gasteiger partial charge in [0.25, 0.3) is 5.91 Å². The average Bonchev–Trinajstić information content (AvgIpc) is 3.34. The van der Waals surface area contributed by atoms with Crippen molar-refractivity contribution in [2.75, 3.05) is 38.2 Å². The lowest BCUT2D eigenvalue weighted by Gasteiger charge is -2.42. The standard InChI is InChI=1S/C25H28FN3O2S/c1-18(27-25(30)19-5-3-6-22(17-19)31-2)24(23-7-4-16-32-23)29-14-12-28(13-15-29)21-10-8-20(26)9-11-21/h3-11,16-18,24H,12-15H2,1-2H3,(H,27,30). The lowest BCUT2D eigenvalue weighted by atomic mass is 10.0. The van der Waals surface area contributed by atoms with Crippen molar-refractivity contribution in [1.82, 2.24) is 10.2 Å². The van der Waals surface area contributed by atoms with E-state index in [1.54, 1.807) is 30.6 Å². The number of amides is 1. The Balaban J connectivity index is 1.46. The molecule has 1 aliphatic rings.